The Bertz CT molecular complexity index is 1460. The summed E-state index contributed by atoms with van der Waals surface area (Å²) in [5.41, 5.74) is 8.00. The molecule has 2 aliphatic rings. The van der Waals surface area contributed by atoms with Crippen LogP contribution >= 0.6 is 0 Å². The number of aromatic nitrogens is 1. The Balaban J connectivity index is 1.39. The molecule has 45 heavy (non-hydrogen) atoms. The molecular weight excluding hydrogens is 572 g/mol. The number of Topliss-reactive ketones (excluding diaryl/α,β-unsaturated/α-hetero) is 1. The highest BCUT2D eigenvalue weighted by Crippen LogP contribution is 2.50. The zero-order valence-electron chi connectivity index (χ0n) is 26.1. The van der Waals surface area contributed by atoms with Crippen LogP contribution in [0.2, 0.25) is 0 Å². The molecule has 5 rings (SSSR count). The molecular formula is C36H46N2O7. The number of carbonyl (C=O) groups is 1. The van der Waals surface area contributed by atoms with E-state index in [1.807, 2.05) is 12.1 Å². The van der Waals surface area contributed by atoms with E-state index >= 15 is 0 Å². The first-order valence-corrected chi connectivity index (χ1v) is 16.2. The summed E-state index contributed by atoms with van der Waals surface area (Å²) in [6.45, 7) is 0. The van der Waals surface area contributed by atoms with Crippen molar-refractivity contribution in [1.82, 2.24) is 4.98 Å². The number of aliphatic hydroxyl groups excluding tert-OH is 1. The molecule has 0 amide bonds. The Morgan fingerprint density at radius 2 is 1.67 bits per heavy atom. The van der Waals surface area contributed by atoms with Gasteiger partial charge in [0.1, 0.15) is 11.6 Å². The maximum absolute atomic E-state index is 14.3. The second-order valence-electron chi connectivity index (χ2n) is 12.7. The Hall–Kier alpha value is -3.98. The van der Waals surface area contributed by atoms with Gasteiger partial charge in [0.05, 0.1) is 25.2 Å². The van der Waals surface area contributed by atoms with Gasteiger partial charge in [0.15, 0.2) is 23.0 Å². The highest BCUT2D eigenvalue weighted by Gasteiger charge is 2.49. The summed E-state index contributed by atoms with van der Waals surface area (Å²) >= 11 is 0. The normalized spacial score (nSPS) is 17.9. The number of nitrogens with zero attached hydrogens (tertiary/aromatic N) is 1. The highest BCUT2D eigenvalue weighted by molar-refractivity contribution is 5.84. The van der Waals surface area contributed by atoms with Gasteiger partial charge < -0.3 is 35.6 Å². The van der Waals surface area contributed by atoms with E-state index in [1.54, 1.807) is 30.5 Å². The average molecular weight is 619 g/mol. The number of benzene rings is 2. The first-order valence-electron chi connectivity index (χ1n) is 16.2. The van der Waals surface area contributed by atoms with E-state index in [4.69, 9.17) is 15.2 Å². The zero-order valence-corrected chi connectivity index (χ0v) is 26.1. The first kappa shape index (κ1) is 32.4. The molecule has 2 aromatic carbocycles. The number of rotatable bonds is 13. The Morgan fingerprint density at radius 1 is 0.933 bits per heavy atom. The lowest BCUT2D eigenvalue weighted by Crippen LogP contribution is -2.45. The number of nitrogens with two attached hydrogens (primary N) is 1. The molecule has 0 aliphatic heterocycles. The van der Waals surface area contributed by atoms with E-state index in [1.165, 1.54) is 19.6 Å². The molecule has 2 saturated carbocycles. The third kappa shape index (κ3) is 7.47. The average Bonchev–Trinajstić information content (AvgIpc) is 3.53. The fourth-order valence-corrected chi connectivity index (χ4v) is 7.46. The number of hydrogen-bond acceptors (Lipinski definition) is 9. The quantitative estimate of drug-likeness (QED) is 0.142. The molecule has 2 atom stereocenters. The van der Waals surface area contributed by atoms with Crippen molar-refractivity contribution in [2.24, 2.45) is 5.92 Å². The standard InChI is InChI=1S/C36H46N2O7/c1-44-31-20-23(9-12-27(31)39)10-13-28(40)34(36(16-5-6-17-36)25-15-18-38-33(37)22-25)29(41)14-11-24-19-30(42)35(43)32(21-24)45-26-7-3-2-4-8-26/h9,12,15,18-22,26,28,34,39-40,42-43H,2-8,10-11,13-14,16-17H2,1H3,(H2,37,38). The fraction of sp³-hybridized carbons (Fsp3) is 0.500. The summed E-state index contributed by atoms with van der Waals surface area (Å²) in [6, 6.07) is 12.0. The van der Waals surface area contributed by atoms with Crippen molar-refractivity contribution >= 4 is 11.6 Å². The van der Waals surface area contributed by atoms with Crippen molar-refractivity contribution in [3.05, 3.63) is 65.4 Å². The van der Waals surface area contributed by atoms with Crippen LogP contribution in [0.3, 0.4) is 0 Å². The molecule has 9 nitrogen and oxygen atoms in total. The highest BCUT2D eigenvalue weighted by atomic mass is 16.5. The molecule has 2 fully saturated rings. The van der Waals surface area contributed by atoms with Crippen molar-refractivity contribution in [3.8, 4) is 28.7 Å². The number of pyridine rings is 1. The van der Waals surface area contributed by atoms with Crippen molar-refractivity contribution in [2.45, 2.75) is 101 Å². The summed E-state index contributed by atoms with van der Waals surface area (Å²) in [4.78, 5) is 18.5. The lowest BCUT2D eigenvalue weighted by Gasteiger charge is -2.40. The third-order valence-electron chi connectivity index (χ3n) is 9.77. The van der Waals surface area contributed by atoms with Crippen LogP contribution in [0.4, 0.5) is 5.82 Å². The molecule has 0 spiro atoms. The summed E-state index contributed by atoms with van der Waals surface area (Å²) < 4.78 is 11.3. The smallest absolute Gasteiger partial charge is 0.200 e. The number of carbonyl (C=O) groups excluding carboxylic acids is 1. The summed E-state index contributed by atoms with van der Waals surface area (Å²) in [6.07, 6.45) is 10.5. The molecule has 2 aliphatic carbocycles. The molecule has 2 unspecified atom stereocenters. The number of ether oxygens (including phenoxy) is 2. The summed E-state index contributed by atoms with van der Waals surface area (Å²) in [7, 11) is 1.49. The van der Waals surface area contributed by atoms with Gasteiger partial charge in [0.2, 0.25) is 5.75 Å². The Labute approximate surface area is 265 Å². The number of phenols is 3. The van der Waals surface area contributed by atoms with Gasteiger partial charge in [-0.05, 0) is 111 Å². The van der Waals surface area contributed by atoms with Gasteiger partial charge >= 0.3 is 0 Å². The largest absolute Gasteiger partial charge is 0.504 e. The number of aromatic hydroxyl groups is 3. The lowest BCUT2D eigenvalue weighted by molar-refractivity contribution is -0.130. The molecule has 3 aromatic rings. The van der Waals surface area contributed by atoms with Gasteiger partial charge in [-0.2, -0.15) is 0 Å². The van der Waals surface area contributed by atoms with Crippen LogP contribution in [-0.4, -0.2) is 50.5 Å². The minimum atomic E-state index is -0.941. The second-order valence-corrected chi connectivity index (χ2v) is 12.7. The number of aliphatic hydroxyl groups is 1. The van der Waals surface area contributed by atoms with Crippen molar-refractivity contribution in [2.75, 3.05) is 12.8 Å². The Kier molecular flexibility index (Phi) is 10.4. The van der Waals surface area contributed by atoms with E-state index in [2.05, 4.69) is 4.98 Å². The van der Waals surface area contributed by atoms with Gasteiger partial charge in [0, 0.05) is 18.0 Å². The minimum Gasteiger partial charge on any atom is -0.504 e. The predicted octanol–water partition coefficient (Wildman–Crippen LogP) is 6.12. The zero-order chi connectivity index (χ0) is 32.0. The van der Waals surface area contributed by atoms with E-state index in [-0.39, 0.29) is 41.3 Å². The number of methoxy groups -OCH3 is 1. The topological polar surface area (TPSA) is 155 Å². The number of ketones is 1. The number of aryl methyl sites for hydroxylation is 2. The molecule has 0 saturated heterocycles. The van der Waals surface area contributed by atoms with E-state index < -0.39 is 17.4 Å². The van der Waals surface area contributed by atoms with Gasteiger partial charge in [-0.3, -0.25) is 4.79 Å². The molecule has 9 heteroatoms. The van der Waals surface area contributed by atoms with Crippen LogP contribution in [0.5, 0.6) is 28.7 Å². The molecule has 1 heterocycles. The van der Waals surface area contributed by atoms with Gasteiger partial charge in [-0.25, -0.2) is 4.98 Å². The van der Waals surface area contributed by atoms with Gasteiger partial charge in [0.25, 0.3) is 0 Å². The number of hydrogen-bond donors (Lipinski definition) is 5. The Morgan fingerprint density at radius 3 is 2.38 bits per heavy atom. The van der Waals surface area contributed by atoms with E-state index in [0.717, 1.165) is 62.5 Å². The summed E-state index contributed by atoms with van der Waals surface area (Å²) in [5.74, 6) is -0.290. The lowest BCUT2D eigenvalue weighted by atomic mass is 9.64. The molecule has 0 bridgehead atoms. The maximum atomic E-state index is 14.3. The number of nitrogen functional groups attached to an aromatic ring is 1. The molecule has 1 aromatic heterocycles. The van der Waals surface area contributed by atoms with Crippen LogP contribution in [0.1, 0.15) is 87.3 Å². The monoisotopic (exact) mass is 618 g/mol. The van der Waals surface area contributed by atoms with Crippen LogP contribution in [-0.2, 0) is 23.1 Å². The first-order chi connectivity index (χ1) is 21.7. The van der Waals surface area contributed by atoms with E-state index in [9.17, 15) is 25.2 Å². The SMILES string of the molecule is COc1cc(CCC(O)C(C(=O)CCc2cc(O)c(O)c(OC3CCCCC3)c2)C2(c3ccnc(N)c3)CCCC2)ccc1O. The van der Waals surface area contributed by atoms with Crippen LogP contribution in [0.25, 0.3) is 0 Å². The number of phenolic OH excluding ortho intramolecular Hbond substituents is 3. The fourth-order valence-electron chi connectivity index (χ4n) is 7.46. The molecule has 0 radical (unpaired) electrons. The van der Waals surface area contributed by atoms with Crippen LogP contribution in [0.15, 0.2) is 48.7 Å². The van der Waals surface area contributed by atoms with Crippen molar-refractivity contribution < 1.29 is 34.7 Å². The molecule has 242 valence electrons. The predicted molar refractivity (Wildman–Crippen MR) is 172 cm³/mol. The number of anilines is 1. The third-order valence-corrected chi connectivity index (χ3v) is 9.77. The van der Waals surface area contributed by atoms with Gasteiger partial charge in [-0.15, -0.1) is 0 Å². The minimum absolute atomic E-state index is 0.0102. The van der Waals surface area contributed by atoms with E-state index in [0.29, 0.717) is 36.4 Å². The molecule has 6 N–H and O–H groups in total. The van der Waals surface area contributed by atoms with Crippen LogP contribution < -0.4 is 15.2 Å². The maximum Gasteiger partial charge on any atom is 0.200 e. The van der Waals surface area contributed by atoms with Crippen molar-refractivity contribution in [3.63, 3.8) is 0 Å². The van der Waals surface area contributed by atoms with Gasteiger partial charge in [-0.1, -0.05) is 25.3 Å². The van der Waals surface area contributed by atoms with Crippen LogP contribution in [0, 0.1) is 5.92 Å². The second kappa shape index (κ2) is 14.4. The summed E-state index contributed by atoms with van der Waals surface area (Å²) in [5, 5.41) is 42.9. The van der Waals surface area contributed by atoms with Crippen molar-refractivity contribution in [1.29, 1.82) is 0 Å².